The molecule has 20 heavy (non-hydrogen) atoms. The van der Waals surface area contributed by atoms with E-state index < -0.39 is 0 Å². The SMILES string of the molecule is C=C(COCOC)C1(COCOC)[C@@H]2CC[C@H]1C(=O)C2. The Morgan fingerprint density at radius 3 is 2.50 bits per heavy atom. The van der Waals surface area contributed by atoms with Gasteiger partial charge in [-0.3, -0.25) is 4.79 Å². The van der Waals surface area contributed by atoms with E-state index >= 15 is 0 Å². The molecule has 0 radical (unpaired) electrons. The van der Waals surface area contributed by atoms with Gasteiger partial charge in [0.1, 0.15) is 19.4 Å². The van der Waals surface area contributed by atoms with Crippen molar-refractivity contribution >= 4 is 5.78 Å². The molecule has 3 atom stereocenters. The zero-order chi connectivity index (χ0) is 14.6. The van der Waals surface area contributed by atoms with Gasteiger partial charge >= 0.3 is 0 Å². The number of ether oxygens (including phenoxy) is 4. The third-order valence-corrected chi connectivity index (χ3v) is 4.67. The molecule has 2 saturated carbocycles. The molecule has 2 aliphatic carbocycles. The van der Waals surface area contributed by atoms with Crippen molar-refractivity contribution in [3.63, 3.8) is 0 Å². The van der Waals surface area contributed by atoms with E-state index in [4.69, 9.17) is 18.9 Å². The number of ketones is 1. The number of carbonyl (C=O) groups excluding carboxylic acids is 1. The number of rotatable bonds is 9. The first-order chi connectivity index (χ1) is 9.66. The Labute approximate surface area is 120 Å². The summed E-state index contributed by atoms with van der Waals surface area (Å²) in [5.74, 6) is 0.702. The van der Waals surface area contributed by atoms with Crippen LogP contribution in [0.25, 0.3) is 0 Å². The summed E-state index contributed by atoms with van der Waals surface area (Å²) in [4.78, 5) is 12.1. The number of fused-ring (bicyclic) bond motifs is 2. The van der Waals surface area contributed by atoms with E-state index in [0.717, 1.165) is 18.4 Å². The highest BCUT2D eigenvalue weighted by Crippen LogP contribution is 2.59. The highest BCUT2D eigenvalue weighted by atomic mass is 16.7. The normalized spacial score (nSPS) is 32.0. The summed E-state index contributed by atoms with van der Waals surface area (Å²) < 4.78 is 20.9. The molecule has 0 aromatic carbocycles. The lowest BCUT2D eigenvalue weighted by molar-refractivity contribution is -0.124. The van der Waals surface area contributed by atoms with Gasteiger partial charge in [-0.25, -0.2) is 0 Å². The van der Waals surface area contributed by atoms with Gasteiger partial charge < -0.3 is 18.9 Å². The fourth-order valence-electron chi connectivity index (χ4n) is 3.82. The largest absolute Gasteiger partial charge is 0.359 e. The maximum atomic E-state index is 12.1. The van der Waals surface area contributed by atoms with Gasteiger partial charge in [-0.2, -0.15) is 0 Å². The summed E-state index contributed by atoms with van der Waals surface area (Å²) in [5.41, 5.74) is 0.674. The molecule has 2 rings (SSSR count). The average molecular weight is 284 g/mol. The monoisotopic (exact) mass is 284 g/mol. The summed E-state index contributed by atoms with van der Waals surface area (Å²) in [5, 5.41) is 0. The van der Waals surface area contributed by atoms with Crippen molar-refractivity contribution in [2.45, 2.75) is 19.3 Å². The van der Waals surface area contributed by atoms with Crippen LogP contribution in [-0.4, -0.2) is 46.8 Å². The van der Waals surface area contributed by atoms with Gasteiger partial charge in [-0.15, -0.1) is 0 Å². The lowest BCUT2D eigenvalue weighted by atomic mass is 9.72. The predicted octanol–water partition coefficient (Wildman–Crippen LogP) is 1.77. The summed E-state index contributed by atoms with van der Waals surface area (Å²) in [6, 6.07) is 0. The van der Waals surface area contributed by atoms with Crippen LogP contribution in [0, 0.1) is 17.3 Å². The van der Waals surface area contributed by atoms with Crippen LogP contribution >= 0.6 is 0 Å². The molecule has 2 aliphatic rings. The van der Waals surface area contributed by atoms with Gasteiger partial charge in [-0.1, -0.05) is 6.58 Å². The minimum Gasteiger partial charge on any atom is -0.359 e. The highest BCUT2D eigenvalue weighted by molar-refractivity contribution is 5.86. The van der Waals surface area contributed by atoms with Crippen molar-refractivity contribution in [2.75, 3.05) is 41.0 Å². The van der Waals surface area contributed by atoms with E-state index in [1.54, 1.807) is 14.2 Å². The van der Waals surface area contributed by atoms with Gasteiger partial charge in [0, 0.05) is 32.0 Å². The van der Waals surface area contributed by atoms with Gasteiger partial charge in [0.05, 0.1) is 13.2 Å². The first kappa shape index (κ1) is 15.6. The lowest BCUT2D eigenvalue weighted by Crippen LogP contribution is -2.37. The Balaban J connectivity index is 2.09. The number of methoxy groups -OCH3 is 2. The molecule has 5 heteroatoms. The molecule has 114 valence electrons. The van der Waals surface area contributed by atoms with Crippen molar-refractivity contribution in [3.8, 4) is 0 Å². The number of hydrogen-bond acceptors (Lipinski definition) is 5. The molecule has 0 aromatic heterocycles. The number of carbonyl (C=O) groups is 1. The number of hydrogen-bond donors (Lipinski definition) is 0. The Hall–Kier alpha value is -0.750. The molecule has 0 spiro atoms. The third-order valence-electron chi connectivity index (χ3n) is 4.67. The van der Waals surface area contributed by atoms with Crippen molar-refractivity contribution in [3.05, 3.63) is 12.2 Å². The maximum absolute atomic E-state index is 12.1. The van der Waals surface area contributed by atoms with Crippen molar-refractivity contribution in [2.24, 2.45) is 17.3 Å². The molecule has 0 aromatic rings. The van der Waals surface area contributed by atoms with Crippen LogP contribution in [-0.2, 0) is 23.7 Å². The molecule has 0 saturated heterocycles. The van der Waals surface area contributed by atoms with Crippen LogP contribution < -0.4 is 0 Å². The predicted molar refractivity (Wildman–Crippen MR) is 73.1 cm³/mol. The standard InChI is InChI=1S/C15H24O5/c1-11(7-19-9-17-2)15(8-20-10-18-3)12-4-5-13(15)14(16)6-12/h12-13H,1,4-10H2,2-3H3/t12-,13+,15?/m1/s1. The molecule has 5 nitrogen and oxygen atoms in total. The summed E-state index contributed by atoms with van der Waals surface area (Å²) in [6.45, 7) is 5.54. The van der Waals surface area contributed by atoms with Crippen LogP contribution in [0.15, 0.2) is 12.2 Å². The second kappa shape index (κ2) is 6.80. The maximum Gasteiger partial charge on any atom is 0.146 e. The van der Waals surface area contributed by atoms with E-state index in [-0.39, 0.29) is 24.9 Å². The molecule has 0 N–H and O–H groups in total. The second-order valence-corrected chi connectivity index (χ2v) is 5.65. The first-order valence-corrected chi connectivity index (χ1v) is 7.01. The third kappa shape index (κ3) is 2.68. The van der Waals surface area contributed by atoms with Crippen molar-refractivity contribution in [1.29, 1.82) is 0 Å². The zero-order valence-corrected chi connectivity index (χ0v) is 12.4. The fourth-order valence-corrected chi connectivity index (χ4v) is 3.82. The smallest absolute Gasteiger partial charge is 0.146 e. The fraction of sp³-hybridized carbons (Fsp3) is 0.800. The summed E-state index contributed by atoms with van der Waals surface area (Å²) in [6.07, 6.45) is 2.64. The molecule has 0 amide bonds. The van der Waals surface area contributed by atoms with E-state index in [1.165, 1.54) is 0 Å². The highest BCUT2D eigenvalue weighted by Gasteiger charge is 2.60. The lowest BCUT2D eigenvalue weighted by Gasteiger charge is -2.35. The van der Waals surface area contributed by atoms with Gasteiger partial charge in [0.25, 0.3) is 0 Å². The van der Waals surface area contributed by atoms with Crippen LogP contribution in [0.1, 0.15) is 19.3 Å². The average Bonchev–Trinajstić information content (AvgIpc) is 2.91. The van der Waals surface area contributed by atoms with Gasteiger partial charge in [0.15, 0.2) is 0 Å². The van der Waals surface area contributed by atoms with E-state index in [0.29, 0.717) is 31.3 Å². The molecule has 2 bridgehead atoms. The molecule has 1 unspecified atom stereocenters. The van der Waals surface area contributed by atoms with E-state index in [1.807, 2.05) is 0 Å². The van der Waals surface area contributed by atoms with Crippen molar-refractivity contribution < 1.29 is 23.7 Å². The quantitative estimate of drug-likeness (QED) is 0.367. The van der Waals surface area contributed by atoms with Crippen molar-refractivity contribution in [1.82, 2.24) is 0 Å². The number of Topliss-reactive ketones (excluding diaryl/α,β-unsaturated/α-hetero) is 1. The molecular formula is C15H24O5. The molecule has 2 fully saturated rings. The Morgan fingerprint density at radius 2 is 1.95 bits per heavy atom. The Morgan fingerprint density at radius 1 is 1.25 bits per heavy atom. The Kier molecular flexibility index (Phi) is 5.32. The molecular weight excluding hydrogens is 260 g/mol. The van der Waals surface area contributed by atoms with Crippen LogP contribution in [0.4, 0.5) is 0 Å². The van der Waals surface area contributed by atoms with Gasteiger partial charge in [0.2, 0.25) is 0 Å². The zero-order valence-electron chi connectivity index (χ0n) is 12.4. The van der Waals surface area contributed by atoms with Gasteiger partial charge in [-0.05, 0) is 24.3 Å². The Bertz CT molecular complexity index is 367. The minimum atomic E-state index is -0.274. The first-order valence-electron chi connectivity index (χ1n) is 7.01. The summed E-state index contributed by atoms with van der Waals surface area (Å²) in [7, 11) is 3.18. The minimum absolute atomic E-state index is 0.0306. The van der Waals surface area contributed by atoms with E-state index in [9.17, 15) is 4.79 Å². The molecule has 0 aliphatic heterocycles. The topological polar surface area (TPSA) is 54.0 Å². The van der Waals surface area contributed by atoms with E-state index in [2.05, 4.69) is 6.58 Å². The summed E-state index contributed by atoms with van der Waals surface area (Å²) >= 11 is 0. The van der Waals surface area contributed by atoms with Crippen LogP contribution in [0.2, 0.25) is 0 Å². The molecule has 0 heterocycles. The van der Waals surface area contributed by atoms with Crippen LogP contribution in [0.3, 0.4) is 0 Å². The van der Waals surface area contributed by atoms with Crippen LogP contribution in [0.5, 0.6) is 0 Å². The second-order valence-electron chi connectivity index (χ2n) is 5.65.